The van der Waals surface area contributed by atoms with Gasteiger partial charge in [0.25, 0.3) is 11.8 Å². The van der Waals surface area contributed by atoms with E-state index in [1.165, 1.54) is 0 Å². The number of carbonyl (C=O) groups excluding carboxylic acids is 2. The SMILES string of the molecule is C[C@@H]1CCC[C@@H](C)N1C(=O)c1cccc(C(=O)N2[C@H](C)CCC[C@@H]2C)n1. The number of nitrogens with zero attached hydrogens (tertiary/aromatic N) is 3. The van der Waals surface area contributed by atoms with Crippen molar-refractivity contribution in [1.29, 1.82) is 0 Å². The normalized spacial score (nSPS) is 29.5. The minimum Gasteiger partial charge on any atom is -0.332 e. The summed E-state index contributed by atoms with van der Waals surface area (Å²) in [7, 11) is 0. The zero-order valence-corrected chi connectivity index (χ0v) is 16.4. The van der Waals surface area contributed by atoms with Crippen LogP contribution in [0.4, 0.5) is 0 Å². The first kappa shape index (κ1) is 18.9. The number of hydrogen-bond acceptors (Lipinski definition) is 3. The van der Waals surface area contributed by atoms with Crippen LogP contribution in [-0.4, -0.2) is 50.8 Å². The molecule has 2 amide bonds. The van der Waals surface area contributed by atoms with Crippen molar-refractivity contribution in [3.63, 3.8) is 0 Å². The smallest absolute Gasteiger partial charge is 0.272 e. The van der Waals surface area contributed by atoms with Crippen molar-refractivity contribution in [2.75, 3.05) is 0 Å². The Morgan fingerprint density at radius 3 is 1.46 bits per heavy atom. The summed E-state index contributed by atoms with van der Waals surface area (Å²) in [5.74, 6) is -0.113. The van der Waals surface area contributed by atoms with Gasteiger partial charge in [-0.25, -0.2) is 4.98 Å². The standard InChI is InChI=1S/C21H31N3O2/c1-14-8-5-9-15(2)23(14)20(25)18-12-7-13-19(22-18)21(26)24-16(3)10-6-11-17(24)4/h7,12-17H,5-6,8-11H2,1-4H3/t14-,15-,16-,17+/m1/s1. The summed E-state index contributed by atoms with van der Waals surface area (Å²) in [6, 6.07) is 6.12. The lowest BCUT2D eigenvalue weighted by Gasteiger charge is -2.39. The summed E-state index contributed by atoms with van der Waals surface area (Å²) < 4.78 is 0. The maximum Gasteiger partial charge on any atom is 0.272 e. The van der Waals surface area contributed by atoms with E-state index in [-0.39, 0.29) is 36.0 Å². The summed E-state index contributed by atoms with van der Waals surface area (Å²) in [4.78, 5) is 34.4. The van der Waals surface area contributed by atoms with Gasteiger partial charge in [0, 0.05) is 24.2 Å². The van der Waals surface area contributed by atoms with Crippen LogP contribution in [0.3, 0.4) is 0 Å². The van der Waals surface area contributed by atoms with E-state index in [0.717, 1.165) is 38.5 Å². The fourth-order valence-electron chi connectivity index (χ4n) is 4.58. The fourth-order valence-corrected chi connectivity index (χ4v) is 4.58. The Hall–Kier alpha value is -1.91. The topological polar surface area (TPSA) is 53.5 Å². The number of carbonyl (C=O) groups is 2. The first-order valence-corrected chi connectivity index (χ1v) is 10.0. The van der Waals surface area contributed by atoms with Gasteiger partial charge in [-0.2, -0.15) is 0 Å². The Labute approximate surface area is 156 Å². The Bertz CT molecular complexity index is 602. The van der Waals surface area contributed by atoms with Gasteiger partial charge in [0.1, 0.15) is 11.4 Å². The number of amides is 2. The molecule has 0 radical (unpaired) electrons. The van der Waals surface area contributed by atoms with E-state index >= 15 is 0 Å². The molecule has 0 unspecified atom stereocenters. The van der Waals surface area contributed by atoms with E-state index in [4.69, 9.17) is 0 Å². The fraction of sp³-hybridized carbons (Fsp3) is 0.667. The molecule has 0 saturated carbocycles. The molecule has 0 N–H and O–H groups in total. The van der Waals surface area contributed by atoms with E-state index < -0.39 is 0 Å². The van der Waals surface area contributed by atoms with Crippen molar-refractivity contribution in [2.24, 2.45) is 0 Å². The zero-order chi connectivity index (χ0) is 18.8. The molecule has 0 aromatic carbocycles. The van der Waals surface area contributed by atoms with Gasteiger partial charge in [-0.05, 0) is 78.4 Å². The van der Waals surface area contributed by atoms with Crippen LogP contribution in [0.2, 0.25) is 0 Å². The van der Waals surface area contributed by atoms with Crippen molar-refractivity contribution in [1.82, 2.24) is 14.8 Å². The molecule has 142 valence electrons. The molecule has 3 rings (SSSR count). The summed E-state index contributed by atoms with van der Waals surface area (Å²) >= 11 is 0. The molecule has 0 spiro atoms. The molecule has 1 aromatic rings. The van der Waals surface area contributed by atoms with E-state index in [0.29, 0.717) is 11.4 Å². The highest BCUT2D eigenvalue weighted by Crippen LogP contribution is 2.26. The molecular weight excluding hydrogens is 326 g/mol. The van der Waals surface area contributed by atoms with Crippen LogP contribution in [0, 0.1) is 0 Å². The highest BCUT2D eigenvalue weighted by Gasteiger charge is 2.33. The zero-order valence-electron chi connectivity index (χ0n) is 16.4. The van der Waals surface area contributed by atoms with Gasteiger partial charge in [0.2, 0.25) is 0 Å². The first-order valence-electron chi connectivity index (χ1n) is 10.0. The molecule has 5 heteroatoms. The molecule has 1 aromatic heterocycles. The average molecular weight is 357 g/mol. The monoisotopic (exact) mass is 357 g/mol. The molecule has 4 atom stereocenters. The van der Waals surface area contributed by atoms with Gasteiger partial charge in [0.05, 0.1) is 0 Å². The van der Waals surface area contributed by atoms with Crippen LogP contribution in [0.1, 0.15) is 87.2 Å². The largest absolute Gasteiger partial charge is 0.332 e. The number of piperidine rings is 2. The third-order valence-electron chi connectivity index (χ3n) is 6.04. The summed E-state index contributed by atoms with van der Waals surface area (Å²) in [5, 5.41) is 0. The molecule has 0 bridgehead atoms. The Morgan fingerprint density at radius 1 is 0.769 bits per heavy atom. The first-order chi connectivity index (χ1) is 12.4. The van der Waals surface area contributed by atoms with Crippen LogP contribution >= 0.6 is 0 Å². The van der Waals surface area contributed by atoms with Crippen molar-refractivity contribution in [3.05, 3.63) is 29.6 Å². The lowest BCUT2D eigenvalue weighted by molar-refractivity contribution is 0.0497. The van der Waals surface area contributed by atoms with Crippen molar-refractivity contribution in [2.45, 2.75) is 90.4 Å². The predicted molar refractivity (Wildman–Crippen MR) is 102 cm³/mol. The van der Waals surface area contributed by atoms with Crippen LogP contribution in [-0.2, 0) is 0 Å². The molecule has 2 fully saturated rings. The van der Waals surface area contributed by atoms with Gasteiger partial charge >= 0.3 is 0 Å². The molecular formula is C21H31N3O2. The van der Waals surface area contributed by atoms with Crippen LogP contribution in [0.15, 0.2) is 18.2 Å². The number of aromatic nitrogens is 1. The number of likely N-dealkylation sites (tertiary alicyclic amines) is 2. The van der Waals surface area contributed by atoms with Crippen LogP contribution in [0.25, 0.3) is 0 Å². The third kappa shape index (κ3) is 3.62. The van der Waals surface area contributed by atoms with Gasteiger partial charge in [-0.15, -0.1) is 0 Å². The minimum atomic E-state index is -0.0564. The van der Waals surface area contributed by atoms with E-state index in [1.807, 2.05) is 9.80 Å². The molecule has 0 aliphatic carbocycles. The van der Waals surface area contributed by atoms with Gasteiger partial charge in [-0.3, -0.25) is 9.59 Å². The second-order valence-electron chi connectivity index (χ2n) is 8.09. The summed E-state index contributed by atoms with van der Waals surface area (Å²) in [5.41, 5.74) is 0.766. The van der Waals surface area contributed by atoms with E-state index in [9.17, 15) is 9.59 Å². The summed E-state index contributed by atoms with van der Waals surface area (Å²) in [6.07, 6.45) is 6.41. The number of hydrogen-bond donors (Lipinski definition) is 0. The Balaban J connectivity index is 1.83. The minimum absolute atomic E-state index is 0.0564. The van der Waals surface area contributed by atoms with Crippen molar-refractivity contribution in [3.8, 4) is 0 Å². The third-order valence-corrected chi connectivity index (χ3v) is 6.04. The van der Waals surface area contributed by atoms with E-state index in [2.05, 4.69) is 32.7 Å². The lowest BCUT2D eigenvalue weighted by atomic mass is 9.96. The molecule has 5 nitrogen and oxygen atoms in total. The highest BCUT2D eigenvalue weighted by atomic mass is 16.2. The molecule has 2 aliphatic heterocycles. The van der Waals surface area contributed by atoms with Crippen LogP contribution < -0.4 is 0 Å². The van der Waals surface area contributed by atoms with Crippen molar-refractivity contribution >= 4 is 11.8 Å². The second-order valence-corrected chi connectivity index (χ2v) is 8.09. The van der Waals surface area contributed by atoms with Crippen LogP contribution in [0.5, 0.6) is 0 Å². The number of rotatable bonds is 2. The van der Waals surface area contributed by atoms with Gasteiger partial charge in [-0.1, -0.05) is 6.07 Å². The second kappa shape index (κ2) is 7.77. The molecule has 26 heavy (non-hydrogen) atoms. The van der Waals surface area contributed by atoms with Crippen molar-refractivity contribution < 1.29 is 9.59 Å². The summed E-state index contributed by atoms with van der Waals surface area (Å²) in [6.45, 7) is 8.39. The van der Waals surface area contributed by atoms with Gasteiger partial charge in [0.15, 0.2) is 0 Å². The molecule has 2 saturated heterocycles. The Morgan fingerprint density at radius 2 is 1.12 bits per heavy atom. The predicted octanol–water partition coefficient (Wildman–Crippen LogP) is 3.89. The molecule has 2 aliphatic rings. The molecule has 3 heterocycles. The van der Waals surface area contributed by atoms with Gasteiger partial charge < -0.3 is 9.80 Å². The maximum atomic E-state index is 13.0. The highest BCUT2D eigenvalue weighted by molar-refractivity contribution is 5.96. The van der Waals surface area contributed by atoms with E-state index in [1.54, 1.807) is 18.2 Å². The quantitative estimate of drug-likeness (QED) is 0.807. The average Bonchev–Trinajstić information content (AvgIpc) is 2.61. The number of pyridine rings is 1. The maximum absolute atomic E-state index is 13.0. The Kier molecular flexibility index (Phi) is 5.64. The lowest BCUT2D eigenvalue weighted by Crippen LogP contribution is -2.48.